The largest absolute Gasteiger partial charge is 0.441 e. The van der Waals surface area contributed by atoms with Crippen LogP contribution in [0.25, 0.3) is 0 Å². The highest BCUT2D eigenvalue weighted by molar-refractivity contribution is 9.09. The Bertz CT molecular complexity index is 200. The Morgan fingerprint density at radius 2 is 2.40 bits per heavy atom. The van der Waals surface area contributed by atoms with E-state index in [0.29, 0.717) is 17.0 Å². The van der Waals surface area contributed by atoms with Crippen LogP contribution in [0.1, 0.15) is 13.3 Å². The standard InChI is InChI=1S/C6H6BrClO2/c1-2-3-4(8)5(7)10-6(3)9/h5H,2H2,1H3. The maximum atomic E-state index is 10.8. The molecule has 2 nitrogen and oxygen atoms in total. The molecular weight excluding hydrogens is 219 g/mol. The van der Waals surface area contributed by atoms with Crippen molar-refractivity contribution in [3.05, 3.63) is 10.6 Å². The van der Waals surface area contributed by atoms with Gasteiger partial charge in [-0.25, -0.2) is 4.79 Å². The second-order valence-corrected chi connectivity index (χ2v) is 3.14. The fourth-order valence-electron chi connectivity index (χ4n) is 0.765. The fourth-order valence-corrected chi connectivity index (χ4v) is 1.47. The summed E-state index contributed by atoms with van der Waals surface area (Å²) in [6.07, 6.45) is 0.625. The van der Waals surface area contributed by atoms with Crippen molar-refractivity contribution >= 4 is 33.5 Å². The van der Waals surface area contributed by atoms with Gasteiger partial charge in [0.05, 0.1) is 10.6 Å². The van der Waals surface area contributed by atoms with Gasteiger partial charge < -0.3 is 4.74 Å². The number of carbonyl (C=O) groups is 1. The molecule has 1 atom stereocenters. The topological polar surface area (TPSA) is 26.3 Å². The molecule has 0 aromatic carbocycles. The van der Waals surface area contributed by atoms with Crippen molar-refractivity contribution in [2.45, 2.75) is 18.4 Å². The molecule has 0 saturated carbocycles. The first-order chi connectivity index (χ1) is 4.66. The normalized spacial score (nSPS) is 25.5. The van der Waals surface area contributed by atoms with Crippen molar-refractivity contribution in [2.24, 2.45) is 0 Å². The minimum Gasteiger partial charge on any atom is -0.441 e. The minimum atomic E-state index is -0.420. The number of esters is 1. The molecule has 10 heavy (non-hydrogen) atoms. The Kier molecular flexibility index (Phi) is 2.36. The quantitative estimate of drug-likeness (QED) is 0.505. The second kappa shape index (κ2) is 2.93. The highest BCUT2D eigenvalue weighted by Gasteiger charge is 2.29. The van der Waals surface area contributed by atoms with Crippen molar-refractivity contribution in [1.82, 2.24) is 0 Å². The van der Waals surface area contributed by atoms with E-state index in [-0.39, 0.29) is 5.97 Å². The predicted molar refractivity (Wildman–Crippen MR) is 42.0 cm³/mol. The van der Waals surface area contributed by atoms with Gasteiger partial charge in [-0.15, -0.1) is 0 Å². The van der Waals surface area contributed by atoms with Crippen molar-refractivity contribution in [2.75, 3.05) is 0 Å². The van der Waals surface area contributed by atoms with Gasteiger partial charge in [-0.2, -0.15) is 0 Å². The highest BCUT2D eigenvalue weighted by atomic mass is 79.9. The summed E-state index contributed by atoms with van der Waals surface area (Å²) in [7, 11) is 0. The SMILES string of the molecule is CCC1=C(Cl)C(Br)OC1=O. The Labute approximate surface area is 72.3 Å². The molecule has 1 heterocycles. The third-order valence-electron chi connectivity index (χ3n) is 1.30. The monoisotopic (exact) mass is 224 g/mol. The highest BCUT2D eigenvalue weighted by Crippen LogP contribution is 2.31. The Morgan fingerprint density at radius 3 is 2.60 bits per heavy atom. The van der Waals surface area contributed by atoms with Crippen LogP contribution in [-0.4, -0.2) is 11.0 Å². The van der Waals surface area contributed by atoms with E-state index in [4.69, 9.17) is 16.3 Å². The van der Waals surface area contributed by atoms with Gasteiger partial charge in [0, 0.05) is 0 Å². The lowest BCUT2D eigenvalue weighted by Gasteiger charge is -1.96. The van der Waals surface area contributed by atoms with Crippen LogP contribution in [0.3, 0.4) is 0 Å². The maximum absolute atomic E-state index is 10.8. The number of hydrogen-bond acceptors (Lipinski definition) is 2. The molecule has 0 spiro atoms. The summed E-state index contributed by atoms with van der Waals surface area (Å²) in [6, 6.07) is 0. The Morgan fingerprint density at radius 1 is 1.80 bits per heavy atom. The molecule has 1 aliphatic heterocycles. The molecule has 0 N–H and O–H groups in total. The molecule has 0 amide bonds. The van der Waals surface area contributed by atoms with Crippen molar-refractivity contribution in [3.8, 4) is 0 Å². The van der Waals surface area contributed by atoms with E-state index in [2.05, 4.69) is 15.9 Å². The number of hydrogen-bond donors (Lipinski definition) is 0. The van der Waals surface area contributed by atoms with Crippen LogP contribution in [0.5, 0.6) is 0 Å². The molecule has 0 aromatic heterocycles. The number of ether oxygens (including phenoxy) is 1. The summed E-state index contributed by atoms with van der Waals surface area (Å²) in [4.78, 5) is 10.8. The molecule has 4 heteroatoms. The number of rotatable bonds is 1. The molecule has 0 radical (unpaired) electrons. The van der Waals surface area contributed by atoms with Crippen LogP contribution >= 0.6 is 27.5 Å². The molecule has 1 rings (SSSR count). The number of carbonyl (C=O) groups excluding carboxylic acids is 1. The maximum Gasteiger partial charge on any atom is 0.336 e. The zero-order chi connectivity index (χ0) is 7.72. The Hall–Kier alpha value is -0.0200. The van der Waals surface area contributed by atoms with Crippen molar-refractivity contribution in [3.63, 3.8) is 0 Å². The summed E-state index contributed by atoms with van der Waals surface area (Å²) in [5.41, 5.74) is 0.573. The van der Waals surface area contributed by atoms with Crippen LogP contribution in [0.2, 0.25) is 0 Å². The molecule has 0 aliphatic carbocycles. The molecule has 0 saturated heterocycles. The molecule has 1 aliphatic rings. The van der Waals surface area contributed by atoms with Gasteiger partial charge in [0.25, 0.3) is 0 Å². The number of cyclic esters (lactones) is 1. The van der Waals surface area contributed by atoms with Gasteiger partial charge in [0.15, 0.2) is 5.01 Å². The third-order valence-corrected chi connectivity index (χ3v) is 2.63. The zero-order valence-electron chi connectivity index (χ0n) is 5.36. The fraction of sp³-hybridized carbons (Fsp3) is 0.500. The van der Waals surface area contributed by atoms with E-state index in [1.165, 1.54) is 0 Å². The summed E-state index contributed by atoms with van der Waals surface area (Å²) in [5.74, 6) is -0.311. The second-order valence-electron chi connectivity index (χ2n) is 1.90. The molecule has 0 bridgehead atoms. The molecular formula is C6H6BrClO2. The lowest BCUT2D eigenvalue weighted by molar-refractivity contribution is -0.136. The number of alkyl halides is 1. The van der Waals surface area contributed by atoms with Gasteiger partial charge in [-0.05, 0) is 22.4 Å². The summed E-state index contributed by atoms with van der Waals surface area (Å²) < 4.78 is 4.75. The molecule has 56 valence electrons. The van der Waals surface area contributed by atoms with E-state index in [0.717, 1.165) is 0 Å². The van der Waals surface area contributed by atoms with Crippen LogP contribution in [0, 0.1) is 0 Å². The van der Waals surface area contributed by atoms with Gasteiger partial charge >= 0.3 is 5.97 Å². The molecule has 1 unspecified atom stereocenters. The average Bonchev–Trinajstić information content (AvgIpc) is 2.09. The van der Waals surface area contributed by atoms with E-state index < -0.39 is 5.01 Å². The lowest BCUT2D eigenvalue weighted by Crippen LogP contribution is -2.01. The average molecular weight is 225 g/mol. The summed E-state index contributed by atoms with van der Waals surface area (Å²) in [6.45, 7) is 1.87. The minimum absolute atomic E-state index is 0.311. The van der Waals surface area contributed by atoms with Crippen LogP contribution in [0.4, 0.5) is 0 Å². The Balaban J connectivity index is 2.90. The summed E-state index contributed by atoms with van der Waals surface area (Å²) >= 11 is 8.80. The summed E-state index contributed by atoms with van der Waals surface area (Å²) in [5, 5.41) is 0.0594. The van der Waals surface area contributed by atoms with E-state index >= 15 is 0 Å². The van der Waals surface area contributed by atoms with Crippen LogP contribution in [-0.2, 0) is 9.53 Å². The zero-order valence-corrected chi connectivity index (χ0v) is 7.70. The van der Waals surface area contributed by atoms with Gasteiger partial charge in [0.2, 0.25) is 0 Å². The van der Waals surface area contributed by atoms with Crippen molar-refractivity contribution in [1.29, 1.82) is 0 Å². The molecule has 0 fully saturated rings. The third kappa shape index (κ3) is 1.20. The first-order valence-corrected chi connectivity index (χ1v) is 4.19. The predicted octanol–water partition coefficient (Wildman–Crippen LogP) is 2.17. The smallest absolute Gasteiger partial charge is 0.336 e. The van der Waals surface area contributed by atoms with Crippen LogP contribution < -0.4 is 0 Å². The number of halogens is 2. The van der Waals surface area contributed by atoms with E-state index in [1.807, 2.05) is 6.92 Å². The van der Waals surface area contributed by atoms with Crippen LogP contribution in [0.15, 0.2) is 10.6 Å². The van der Waals surface area contributed by atoms with Gasteiger partial charge in [0.1, 0.15) is 0 Å². The lowest BCUT2D eigenvalue weighted by atomic mass is 10.2. The van der Waals surface area contributed by atoms with E-state index in [1.54, 1.807) is 0 Å². The van der Waals surface area contributed by atoms with Crippen molar-refractivity contribution < 1.29 is 9.53 Å². The molecule has 0 aromatic rings. The first-order valence-electron chi connectivity index (χ1n) is 2.90. The van der Waals surface area contributed by atoms with E-state index in [9.17, 15) is 4.79 Å². The van der Waals surface area contributed by atoms with Gasteiger partial charge in [-0.3, -0.25) is 0 Å². The van der Waals surface area contributed by atoms with Gasteiger partial charge in [-0.1, -0.05) is 18.5 Å². The first kappa shape index (κ1) is 8.08.